The van der Waals surface area contributed by atoms with Crippen LogP contribution in [-0.4, -0.2) is 47.4 Å². The van der Waals surface area contributed by atoms with Crippen LogP contribution in [0.5, 0.6) is 11.5 Å². The van der Waals surface area contributed by atoms with Crippen molar-refractivity contribution in [2.24, 2.45) is 0 Å². The fourth-order valence-electron chi connectivity index (χ4n) is 3.32. The number of aliphatic hydroxyl groups is 1. The first-order valence-corrected chi connectivity index (χ1v) is 9.54. The minimum Gasteiger partial charge on any atom is -0.493 e. The van der Waals surface area contributed by atoms with Crippen molar-refractivity contribution in [3.63, 3.8) is 0 Å². The van der Waals surface area contributed by atoms with Gasteiger partial charge in [-0.1, -0.05) is 30.3 Å². The number of aliphatic hydroxyl groups excluding tert-OH is 1. The largest absolute Gasteiger partial charge is 0.493 e. The number of aromatic nitrogens is 2. The average molecular weight is 411 g/mol. The second-order valence-electron chi connectivity index (χ2n) is 6.91. The summed E-state index contributed by atoms with van der Waals surface area (Å²) in [6, 6.07) is 12.3. The second kappa shape index (κ2) is 9.41. The fraction of sp³-hybridized carbons (Fsp3) is 0.318. The third-order valence-electron chi connectivity index (χ3n) is 4.86. The van der Waals surface area contributed by atoms with Gasteiger partial charge >= 0.3 is 0 Å². The van der Waals surface area contributed by atoms with Crippen molar-refractivity contribution in [2.75, 3.05) is 20.8 Å². The minimum atomic E-state index is -0.450. The van der Waals surface area contributed by atoms with E-state index in [1.165, 1.54) is 18.8 Å². The van der Waals surface area contributed by atoms with Crippen molar-refractivity contribution in [3.05, 3.63) is 64.2 Å². The Morgan fingerprint density at radius 1 is 1.17 bits per heavy atom. The maximum atomic E-state index is 13.0. The number of carbonyl (C=O) groups is 1. The van der Waals surface area contributed by atoms with E-state index in [1.807, 2.05) is 30.3 Å². The number of fused-ring (bicyclic) bond motifs is 1. The van der Waals surface area contributed by atoms with Crippen molar-refractivity contribution < 1.29 is 19.4 Å². The maximum Gasteiger partial charge on any atom is 0.262 e. The molecule has 1 atom stereocenters. The Labute approximate surface area is 174 Å². The zero-order valence-electron chi connectivity index (χ0n) is 17.2. The summed E-state index contributed by atoms with van der Waals surface area (Å²) in [7, 11) is 2.99. The van der Waals surface area contributed by atoms with E-state index in [1.54, 1.807) is 19.1 Å². The highest BCUT2D eigenvalue weighted by Crippen LogP contribution is 2.30. The molecule has 0 saturated carbocycles. The highest BCUT2D eigenvalue weighted by Gasteiger charge is 2.17. The summed E-state index contributed by atoms with van der Waals surface area (Å²) in [5.74, 6) is 0.903. The lowest BCUT2D eigenvalue weighted by Gasteiger charge is -2.18. The lowest BCUT2D eigenvalue weighted by atomic mass is 10.1. The quantitative estimate of drug-likeness (QED) is 0.582. The van der Waals surface area contributed by atoms with Crippen molar-refractivity contribution in [1.82, 2.24) is 14.9 Å². The van der Waals surface area contributed by atoms with Gasteiger partial charge in [0, 0.05) is 6.07 Å². The molecular weight excluding hydrogens is 386 g/mol. The van der Waals surface area contributed by atoms with E-state index in [2.05, 4.69) is 10.3 Å². The van der Waals surface area contributed by atoms with Gasteiger partial charge in [-0.2, -0.15) is 0 Å². The Hall–Kier alpha value is -3.39. The first kappa shape index (κ1) is 21.3. The van der Waals surface area contributed by atoms with Gasteiger partial charge in [-0.15, -0.1) is 0 Å². The molecule has 2 N–H and O–H groups in total. The monoisotopic (exact) mass is 411 g/mol. The van der Waals surface area contributed by atoms with E-state index < -0.39 is 6.04 Å². The summed E-state index contributed by atoms with van der Waals surface area (Å²) in [6.45, 7) is 1.26. The van der Waals surface area contributed by atoms with Crippen LogP contribution in [0, 0.1) is 6.92 Å². The van der Waals surface area contributed by atoms with E-state index in [9.17, 15) is 14.7 Å². The van der Waals surface area contributed by atoms with Crippen LogP contribution in [-0.2, 0) is 17.8 Å². The molecule has 0 aliphatic carbocycles. The standard InChI is InChI=1S/C22H25N3O5/c1-14-23-18-11-20(30-3)19(29-2)10-17(18)22(28)25(14)12-21(27)24-16(13-26)9-15-7-5-4-6-8-15/h4-8,10-11,16,26H,9,12-13H2,1-3H3,(H,24,27)/t16-/m0/s1. The molecule has 8 nitrogen and oxygen atoms in total. The van der Waals surface area contributed by atoms with Crippen molar-refractivity contribution in [2.45, 2.75) is 25.9 Å². The smallest absolute Gasteiger partial charge is 0.262 e. The number of hydrogen-bond donors (Lipinski definition) is 2. The summed E-state index contributed by atoms with van der Waals surface area (Å²) in [6.07, 6.45) is 0.490. The molecular formula is C22H25N3O5. The zero-order valence-corrected chi connectivity index (χ0v) is 17.2. The number of methoxy groups -OCH3 is 2. The van der Waals surface area contributed by atoms with Crippen LogP contribution < -0.4 is 20.3 Å². The molecule has 1 amide bonds. The predicted octanol–water partition coefficient (Wildman–Crippen LogP) is 1.44. The van der Waals surface area contributed by atoms with Crippen molar-refractivity contribution in [3.8, 4) is 11.5 Å². The number of benzene rings is 2. The van der Waals surface area contributed by atoms with E-state index >= 15 is 0 Å². The molecule has 0 radical (unpaired) electrons. The Balaban J connectivity index is 1.83. The Kier molecular flexibility index (Phi) is 6.68. The summed E-state index contributed by atoms with van der Waals surface area (Å²) < 4.78 is 11.8. The lowest BCUT2D eigenvalue weighted by Crippen LogP contribution is -2.42. The Morgan fingerprint density at radius 2 is 1.83 bits per heavy atom. The SMILES string of the molecule is COc1cc2nc(C)n(CC(=O)N[C@H](CO)Cc3ccccc3)c(=O)c2cc1OC. The summed E-state index contributed by atoms with van der Waals surface area (Å²) in [4.78, 5) is 30.0. The number of aryl methyl sites for hydroxylation is 1. The second-order valence-corrected chi connectivity index (χ2v) is 6.91. The number of amides is 1. The van der Waals surface area contributed by atoms with Gasteiger partial charge < -0.3 is 19.9 Å². The maximum absolute atomic E-state index is 13.0. The minimum absolute atomic E-state index is 0.201. The highest BCUT2D eigenvalue weighted by atomic mass is 16.5. The molecule has 0 aliphatic rings. The number of hydrogen-bond acceptors (Lipinski definition) is 6. The topological polar surface area (TPSA) is 103 Å². The molecule has 0 aliphatic heterocycles. The van der Waals surface area contributed by atoms with Crippen LogP contribution in [0.25, 0.3) is 10.9 Å². The Morgan fingerprint density at radius 3 is 2.47 bits per heavy atom. The molecule has 30 heavy (non-hydrogen) atoms. The Bertz CT molecular complexity index is 1100. The van der Waals surface area contributed by atoms with Gasteiger partial charge in [0.2, 0.25) is 5.91 Å². The molecule has 0 spiro atoms. The van der Waals surface area contributed by atoms with E-state index in [-0.39, 0.29) is 24.6 Å². The van der Waals surface area contributed by atoms with Gasteiger partial charge in [-0.05, 0) is 25.0 Å². The molecule has 1 heterocycles. The molecule has 0 bridgehead atoms. The van der Waals surface area contributed by atoms with Crippen LogP contribution in [0.15, 0.2) is 47.3 Å². The number of nitrogens with one attached hydrogen (secondary N) is 1. The van der Waals surface area contributed by atoms with Gasteiger partial charge in [0.25, 0.3) is 5.56 Å². The van der Waals surface area contributed by atoms with Crippen LogP contribution in [0.2, 0.25) is 0 Å². The summed E-state index contributed by atoms with van der Waals surface area (Å²) in [5, 5.41) is 12.8. The zero-order chi connectivity index (χ0) is 21.7. The van der Waals surface area contributed by atoms with E-state index in [4.69, 9.17) is 9.47 Å². The van der Waals surface area contributed by atoms with Gasteiger partial charge in [0.05, 0.1) is 37.8 Å². The number of nitrogens with zero attached hydrogens (tertiary/aromatic N) is 2. The molecule has 3 aromatic rings. The number of rotatable bonds is 8. The third-order valence-corrected chi connectivity index (χ3v) is 4.86. The number of carbonyl (C=O) groups excluding carboxylic acids is 1. The molecule has 0 saturated heterocycles. The normalized spacial score (nSPS) is 11.9. The molecule has 8 heteroatoms. The first-order chi connectivity index (χ1) is 14.5. The fourth-order valence-corrected chi connectivity index (χ4v) is 3.32. The van der Waals surface area contributed by atoms with Gasteiger partial charge in [-0.25, -0.2) is 4.98 Å². The van der Waals surface area contributed by atoms with E-state index in [0.29, 0.717) is 34.6 Å². The van der Waals surface area contributed by atoms with Crippen LogP contribution in [0.3, 0.4) is 0 Å². The van der Waals surface area contributed by atoms with Crippen LogP contribution in [0.1, 0.15) is 11.4 Å². The van der Waals surface area contributed by atoms with Gasteiger partial charge in [-0.3, -0.25) is 14.2 Å². The van der Waals surface area contributed by atoms with Crippen molar-refractivity contribution >= 4 is 16.8 Å². The summed E-state index contributed by atoms with van der Waals surface area (Å²) in [5.41, 5.74) is 1.11. The van der Waals surface area contributed by atoms with Gasteiger partial charge in [0.1, 0.15) is 12.4 Å². The molecule has 1 aromatic heterocycles. The number of ether oxygens (including phenoxy) is 2. The molecule has 3 rings (SSSR count). The summed E-state index contributed by atoms with van der Waals surface area (Å²) >= 11 is 0. The predicted molar refractivity (Wildman–Crippen MR) is 113 cm³/mol. The molecule has 0 unspecified atom stereocenters. The molecule has 158 valence electrons. The van der Waals surface area contributed by atoms with Crippen LogP contribution >= 0.6 is 0 Å². The van der Waals surface area contributed by atoms with Crippen molar-refractivity contribution in [1.29, 1.82) is 0 Å². The highest BCUT2D eigenvalue weighted by molar-refractivity contribution is 5.82. The van der Waals surface area contributed by atoms with Crippen LogP contribution in [0.4, 0.5) is 0 Å². The lowest BCUT2D eigenvalue weighted by molar-refractivity contribution is -0.122. The molecule has 2 aromatic carbocycles. The third kappa shape index (κ3) is 4.60. The molecule has 0 fully saturated rings. The first-order valence-electron chi connectivity index (χ1n) is 9.54. The van der Waals surface area contributed by atoms with Gasteiger partial charge in [0.15, 0.2) is 11.5 Å². The average Bonchev–Trinajstić information content (AvgIpc) is 2.76. The van der Waals surface area contributed by atoms with E-state index in [0.717, 1.165) is 5.56 Å².